The molecule has 0 N–H and O–H groups in total. The monoisotopic (exact) mass is 232 g/mol. The van der Waals surface area contributed by atoms with Gasteiger partial charge in [-0.3, -0.25) is 4.79 Å². The summed E-state index contributed by atoms with van der Waals surface area (Å²) in [5.41, 5.74) is 2.35. The minimum absolute atomic E-state index is 0.112. The van der Waals surface area contributed by atoms with Gasteiger partial charge < -0.3 is 4.74 Å². The minimum atomic E-state index is 0.112. The van der Waals surface area contributed by atoms with Crippen molar-refractivity contribution < 1.29 is 9.53 Å². The number of hydrogen-bond acceptors (Lipinski definition) is 2. The van der Waals surface area contributed by atoms with Gasteiger partial charge >= 0.3 is 0 Å². The lowest BCUT2D eigenvalue weighted by Gasteiger charge is -2.15. The lowest BCUT2D eigenvalue weighted by molar-refractivity contribution is -0.123. The van der Waals surface area contributed by atoms with Crippen molar-refractivity contribution in [3.63, 3.8) is 0 Å². The summed E-state index contributed by atoms with van der Waals surface area (Å²) in [5, 5.41) is 0. The van der Waals surface area contributed by atoms with Crippen LogP contribution in [0.4, 0.5) is 0 Å². The quantitative estimate of drug-likeness (QED) is 0.798. The molecule has 0 aliphatic carbocycles. The highest BCUT2D eigenvalue weighted by Gasteiger charge is 2.32. The van der Waals surface area contributed by atoms with Gasteiger partial charge in [-0.05, 0) is 25.3 Å². The number of aryl methyl sites for hydroxylation is 1. The summed E-state index contributed by atoms with van der Waals surface area (Å²) in [6.07, 6.45) is 2.52. The second-order valence-electron chi connectivity index (χ2n) is 4.84. The summed E-state index contributed by atoms with van der Waals surface area (Å²) in [6, 6.07) is 8.21. The SMILES string of the molecule is CCC1OCCC1C(=O)Cc1ccc(C)cc1. The third-order valence-corrected chi connectivity index (χ3v) is 3.52. The summed E-state index contributed by atoms with van der Waals surface area (Å²) in [4.78, 5) is 12.2. The van der Waals surface area contributed by atoms with Crippen molar-refractivity contribution in [3.05, 3.63) is 35.4 Å². The molecule has 1 aliphatic heterocycles. The zero-order chi connectivity index (χ0) is 12.3. The van der Waals surface area contributed by atoms with Gasteiger partial charge in [-0.1, -0.05) is 36.8 Å². The van der Waals surface area contributed by atoms with Crippen molar-refractivity contribution in [1.29, 1.82) is 0 Å². The molecule has 0 radical (unpaired) electrons. The van der Waals surface area contributed by atoms with Crippen molar-refractivity contribution in [2.24, 2.45) is 5.92 Å². The van der Waals surface area contributed by atoms with Crippen LogP contribution in [0.2, 0.25) is 0 Å². The molecule has 2 heteroatoms. The van der Waals surface area contributed by atoms with Crippen LogP contribution in [-0.4, -0.2) is 18.5 Å². The topological polar surface area (TPSA) is 26.3 Å². The number of carbonyl (C=O) groups excluding carboxylic acids is 1. The van der Waals surface area contributed by atoms with Gasteiger partial charge in [0.2, 0.25) is 0 Å². The smallest absolute Gasteiger partial charge is 0.143 e. The van der Waals surface area contributed by atoms with Gasteiger partial charge in [0, 0.05) is 18.9 Å². The Hall–Kier alpha value is -1.15. The van der Waals surface area contributed by atoms with Crippen LogP contribution in [0.3, 0.4) is 0 Å². The second kappa shape index (κ2) is 5.46. The second-order valence-corrected chi connectivity index (χ2v) is 4.84. The fourth-order valence-corrected chi connectivity index (χ4v) is 2.46. The van der Waals surface area contributed by atoms with Crippen molar-refractivity contribution in [2.75, 3.05) is 6.61 Å². The number of rotatable bonds is 4. The van der Waals surface area contributed by atoms with E-state index in [0.717, 1.165) is 25.0 Å². The van der Waals surface area contributed by atoms with Gasteiger partial charge in [0.25, 0.3) is 0 Å². The third kappa shape index (κ3) is 2.95. The van der Waals surface area contributed by atoms with Gasteiger partial charge in [-0.15, -0.1) is 0 Å². The third-order valence-electron chi connectivity index (χ3n) is 3.52. The molecule has 2 rings (SSSR count). The number of Topliss-reactive ketones (excluding diaryl/α,β-unsaturated/α-hetero) is 1. The average molecular weight is 232 g/mol. The van der Waals surface area contributed by atoms with Crippen molar-refractivity contribution in [2.45, 2.75) is 39.2 Å². The molecule has 2 unspecified atom stereocenters. The molecule has 92 valence electrons. The highest BCUT2D eigenvalue weighted by atomic mass is 16.5. The maximum absolute atomic E-state index is 12.2. The number of carbonyl (C=O) groups is 1. The van der Waals surface area contributed by atoms with E-state index >= 15 is 0 Å². The Labute approximate surface area is 103 Å². The van der Waals surface area contributed by atoms with Crippen LogP contribution in [-0.2, 0) is 16.0 Å². The molecule has 0 bridgehead atoms. The van der Waals surface area contributed by atoms with Gasteiger partial charge in [0.1, 0.15) is 5.78 Å². The summed E-state index contributed by atoms with van der Waals surface area (Å²) in [7, 11) is 0. The van der Waals surface area contributed by atoms with E-state index in [1.165, 1.54) is 5.56 Å². The predicted molar refractivity (Wildman–Crippen MR) is 68.0 cm³/mol. The van der Waals surface area contributed by atoms with Crippen LogP contribution in [0.15, 0.2) is 24.3 Å². The van der Waals surface area contributed by atoms with Crippen LogP contribution in [0.25, 0.3) is 0 Å². The van der Waals surface area contributed by atoms with Crippen LogP contribution < -0.4 is 0 Å². The molecule has 1 aromatic rings. The van der Waals surface area contributed by atoms with Crippen molar-refractivity contribution in [3.8, 4) is 0 Å². The van der Waals surface area contributed by atoms with E-state index in [2.05, 4.69) is 26.0 Å². The molecular formula is C15H20O2. The van der Waals surface area contributed by atoms with Crippen LogP contribution in [0, 0.1) is 12.8 Å². The minimum Gasteiger partial charge on any atom is -0.377 e. The Morgan fingerprint density at radius 2 is 2.06 bits per heavy atom. The molecule has 1 fully saturated rings. The van der Waals surface area contributed by atoms with E-state index in [1.807, 2.05) is 12.1 Å². The molecule has 1 aliphatic rings. The van der Waals surface area contributed by atoms with Gasteiger partial charge in [-0.25, -0.2) is 0 Å². The van der Waals surface area contributed by atoms with Gasteiger partial charge in [0.05, 0.1) is 6.10 Å². The lowest BCUT2D eigenvalue weighted by Crippen LogP contribution is -2.25. The summed E-state index contributed by atoms with van der Waals surface area (Å²) < 4.78 is 5.57. The molecule has 2 nitrogen and oxygen atoms in total. The van der Waals surface area contributed by atoms with E-state index < -0.39 is 0 Å². The fraction of sp³-hybridized carbons (Fsp3) is 0.533. The summed E-state index contributed by atoms with van der Waals surface area (Å²) >= 11 is 0. The van der Waals surface area contributed by atoms with Crippen molar-refractivity contribution >= 4 is 5.78 Å². The molecule has 1 heterocycles. The van der Waals surface area contributed by atoms with Gasteiger partial charge in [0.15, 0.2) is 0 Å². The normalized spacial score (nSPS) is 23.9. The molecular weight excluding hydrogens is 212 g/mol. The Bertz CT molecular complexity index is 380. The molecule has 1 aromatic carbocycles. The van der Waals surface area contributed by atoms with Crippen LogP contribution in [0.1, 0.15) is 30.9 Å². The van der Waals surface area contributed by atoms with Gasteiger partial charge in [-0.2, -0.15) is 0 Å². The Kier molecular flexibility index (Phi) is 3.95. The highest BCUT2D eigenvalue weighted by Crippen LogP contribution is 2.25. The van der Waals surface area contributed by atoms with Crippen LogP contribution in [0.5, 0.6) is 0 Å². The first kappa shape index (κ1) is 12.3. The lowest BCUT2D eigenvalue weighted by atomic mass is 9.91. The molecule has 0 saturated carbocycles. The molecule has 0 amide bonds. The van der Waals surface area contributed by atoms with Crippen LogP contribution >= 0.6 is 0 Å². The number of ketones is 1. The predicted octanol–water partition coefficient (Wildman–Crippen LogP) is 2.92. The fourth-order valence-electron chi connectivity index (χ4n) is 2.46. The summed E-state index contributed by atoms with van der Waals surface area (Å²) in [5.74, 6) is 0.444. The number of benzene rings is 1. The molecule has 2 atom stereocenters. The first-order valence-electron chi connectivity index (χ1n) is 6.40. The molecule has 17 heavy (non-hydrogen) atoms. The van der Waals surface area contributed by atoms with E-state index in [-0.39, 0.29) is 12.0 Å². The first-order valence-corrected chi connectivity index (χ1v) is 6.40. The van der Waals surface area contributed by atoms with E-state index in [0.29, 0.717) is 12.2 Å². The summed E-state index contributed by atoms with van der Waals surface area (Å²) in [6.45, 7) is 4.88. The van der Waals surface area contributed by atoms with E-state index in [1.54, 1.807) is 0 Å². The molecule has 0 aromatic heterocycles. The van der Waals surface area contributed by atoms with Crippen molar-refractivity contribution in [1.82, 2.24) is 0 Å². The first-order chi connectivity index (χ1) is 8.20. The number of hydrogen-bond donors (Lipinski definition) is 0. The Balaban J connectivity index is 1.99. The average Bonchev–Trinajstić information content (AvgIpc) is 2.80. The Morgan fingerprint density at radius 3 is 2.71 bits per heavy atom. The Morgan fingerprint density at radius 1 is 1.35 bits per heavy atom. The number of ether oxygens (including phenoxy) is 1. The zero-order valence-electron chi connectivity index (χ0n) is 10.6. The largest absolute Gasteiger partial charge is 0.377 e. The maximum atomic E-state index is 12.2. The zero-order valence-corrected chi connectivity index (χ0v) is 10.6. The van der Waals surface area contributed by atoms with E-state index in [9.17, 15) is 4.79 Å². The molecule has 0 spiro atoms. The molecule has 1 saturated heterocycles. The highest BCUT2D eigenvalue weighted by molar-refractivity contribution is 5.84. The standard InChI is InChI=1S/C15H20O2/c1-3-15-13(8-9-17-15)14(16)10-12-6-4-11(2)5-7-12/h4-7,13,15H,3,8-10H2,1-2H3. The van der Waals surface area contributed by atoms with E-state index in [4.69, 9.17) is 4.74 Å². The maximum Gasteiger partial charge on any atom is 0.143 e.